The van der Waals surface area contributed by atoms with Gasteiger partial charge in [-0.25, -0.2) is 19.2 Å². The lowest BCUT2D eigenvalue weighted by Crippen LogP contribution is -2.60. The monoisotopic (exact) mass is 2120 g/mol. The second-order valence-corrected chi connectivity index (χ2v) is 55.9. The molecule has 0 saturated carbocycles. The number of rotatable bonds is 49. The van der Waals surface area contributed by atoms with Crippen LogP contribution in [-0.2, 0) is 95.1 Å². The fourth-order valence-corrected chi connectivity index (χ4v) is 26.9. The van der Waals surface area contributed by atoms with Crippen LogP contribution < -0.4 is 42.5 Å². The van der Waals surface area contributed by atoms with E-state index in [1.807, 2.05) is 13.8 Å². The Morgan fingerprint density at radius 2 is 0.373 bits per heavy atom. The molecule has 0 amide bonds. The Kier molecular flexibility index (Phi) is 44.8. The highest BCUT2D eigenvalue weighted by Crippen LogP contribution is 2.44. The van der Waals surface area contributed by atoms with Gasteiger partial charge in [-0.15, -0.1) is 0 Å². The molecule has 0 aliphatic carbocycles. The molecule has 150 heavy (non-hydrogen) atoms. The first-order chi connectivity index (χ1) is 68.9. The van der Waals surface area contributed by atoms with Crippen LogP contribution in [0, 0.1) is 10.8 Å². The summed E-state index contributed by atoms with van der Waals surface area (Å²) < 4.78 is 84.9. The van der Waals surface area contributed by atoms with E-state index in [1.54, 1.807) is 0 Å². The lowest BCUT2D eigenvalue weighted by atomic mass is 9.78. The van der Waals surface area contributed by atoms with Gasteiger partial charge in [-0.3, -0.25) is 28.8 Å². The number of esters is 10. The summed E-state index contributed by atoms with van der Waals surface area (Å²) in [7, 11) is 0. The van der Waals surface area contributed by atoms with E-state index in [-0.39, 0.29) is 226 Å². The molecule has 8 fully saturated rings. The molecule has 9 rings (SSSR count). The topological polar surface area (TPSA) is 396 Å². The van der Waals surface area contributed by atoms with Gasteiger partial charge < -0.3 is 109 Å². The van der Waals surface area contributed by atoms with Crippen LogP contribution in [0.25, 0.3) is 0 Å². The van der Waals surface area contributed by atoms with E-state index in [0.29, 0.717) is 129 Å². The zero-order valence-electron chi connectivity index (χ0n) is 99.3. The van der Waals surface area contributed by atoms with Crippen molar-refractivity contribution in [2.45, 2.75) is 578 Å². The number of ether oxygens (including phenoxy) is 14. The van der Waals surface area contributed by atoms with Gasteiger partial charge in [0, 0.05) is 166 Å². The van der Waals surface area contributed by atoms with E-state index in [4.69, 9.17) is 66.3 Å². The molecule has 8 aliphatic heterocycles. The van der Waals surface area contributed by atoms with E-state index in [2.05, 4.69) is 264 Å². The maximum atomic E-state index is 14.5. The summed E-state index contributed by atoms with van der Waals surface area (Å²) in [5, 5.41) is 29.1. The van der Waals surface area contributed by atoms with Crippen molar-refractivity contribution in [1.29, 1.82) is 0 Å². The van der Waals surface area contributed by atoms with E-state index < -0.39 is 94.9 Å². The zero-order valence-corrected chi connectivity index (χ0v) is 99.3. The summed E-state index contributed by atoms with van der Waals surface area (Å²) >= 11 is 0. The van der Waals surface area contributed by atoms with Gasteiger partial charge in [0.25, 0.3) is 0 Å². The summed E-state index contributed by atoms with van der Waals surface area (Å²) in [5.74, 6) is -7.14. The highest BCUT2D eigenvalue weighted by atomic mass is 16.6. The van der Waals surface area contributed by atoms with Gasteiger partial charge in [0.2, 0.25) is 0 Å². The van der Waals surface area contributed by atoms with Crippen LogP contribution in [0.1, 0.15) is 482 Å². The Morgan fingerprint density at radius 1 is 0.220 bits per heavy atom. The van der Waals surface area contributed by atoms with Gasteiger partial charge in [0.1, 0.15) is 24.4 Å². The number of carbonyl (C=O) groups excluding carboxylic acids is 10. The van der Waals surface area contributed by atoms with Crippen molar-refractivity contribution < 1.29 is 114 Å². The normalized spacial score (nSPS) is 23.1. The summed E-state index contributed by atoms with van der Waals surface area (Å²) in [6.07, 6.45) is 13.7. The molecule has 860 valence electrons. The molecule has 32 heteroatoms. The number of unbranched alkanes of at least 4 members (excludes halogenated alkanes) is 2. The van der Waals surface area contributed by atoms with E-state index in [9.17, 15) is 47.9 Å². The molecule has 0 spiro atoms. The quantitative estimate of drug-likeness (QED) is 0.0130. The average molecular weight is 2120 g/mol. The van der Waals surface area contributed by atoms with Crippen molar-refractivity contribution in [3.63, 3.8) is 0 Å². The number of carbonyl (C=O) groups is 10. The predicted molar refractivity (Wildman–Crippen MR) is 582 cm³/mol. The SMILES string of the molecule is CC1(C)CC(OC(=O)c2cc(C(=O)OC3CC(C)(C)NC(C)(C)C3)c(C(=O)OC3CC(C)(C)NC(C)(C)C3)cc2C(=O)OC2CC(C)(C)NC(C)(C)C2)CC(C)(C)N1.CCCCC(CCCOC(=O)CCC(=O)OCCCC(CCCC)(C(=O)OCCCOC1CC(C)(C)NC(C)(C)C1)C(=O)OCCCOC1CC(C)(C)NC(C)(C)C1)(C(=O)OCCCOC1CC(C)(C)NC(C)(C)C1)C(=O)OCCCOC1CC(C)(C)NC(C)(C)C1. The fraction of sp³-hybridized carbons (Fsp3) is 0.864. The van der Waals surface area contributed by atoms with Gasteiger partial charge in [-0.2, -0.15) is 0 Å². The lowest BCUT2D eigenvalue weighted by molar-refractivity contribution is -0.177. The molecule has 1 aromatic carbocycles. The van der Waals surface area contributed by atoms with Crippen LogP contribution >= 0.6 is 0 Å². The first kappa shape index (κ1) is 129. The lowest BCUT2D eigenvalue weighted by Gasteiger charge is -2.46. The van der Waals surface area contributed by atoms with Crippen molar-refractivity contribution >= 4 is 59.7 Å². The molecule has 0 unspecified atom stereocenters. The molecule has 8 N–H and O–H groups in total. The minimum Gasteiger partial charge on any atom is -0.466 e. The van der Waals surface area contributed by atoms with Gasteiger partial charge in [-0.05, 0) is 324 Å². The van der Waals surface area contributed by atoms with Gasteiger partial charge in [0.15, 0.2) is 10.8 Å². The van der Waals surface area contributed by atoms with Crippen molar-refractivity contribution in [2.24, 2.45) is 10.8 Å². The van der Waals surface area contributed by atoms with Crippen LogP contribution in [0.4, 0.5) is 0 Å². The maximum Gasteiger partial charge on any atom is 0.339 e. The summed E-state index contributed by atoms with van der Waals surface area (Å²) in [5.41, 5.74) is -7.29. The third kappa shape index (κ3) is 42.4. The molecular formula is C118H204N8O24. The van der Waals surface area contributed by atoms with Crippen LogP contribution in [0.3, 0.4) is 0 Å². The third-order valence-corrected chi connectivity index (χ3v) is 29.9. The molecule has 32 nitrogen and oxygen atoms in total. The summed E-state index contributed by atoms with van der Waals surface area (Å²) in [4.78, 5) is 141. The first-order valence-electron chi connectivity index (χ1n) is 56.7. The molecular weight excluding hydrogens is 1910 g/mol. The van der Waals surface area contributed by atoms with E-state index >= 15 is 0 Å². The summed E-state index contributed by atoms with van der Waals surface area (Å²) in [6, 6.07) is 2.58. The number of benzene rings is 1. The molecule has 1 aromatic rings. The molecule has 0 atom stereocenters. The Bertz CT molecular complexity index is 3980. The van der Waals surface area contributed by atoms with Crippen LogP contribution in [0.15, 0.2) is 12.1 Å². The molecule has 8 aliphatic rings. The van der Waals surface area contributed by atoms with Crippen LogP contribution in [-0.4, -0.2) is 263 Å². The van der Waals surface area contributed by atoms with Crippen molar-refractivity contribution in [1.82, 2.24) is 42.5 Å². The molecule has 0 radical (unpaired) electrons. The van der Waals surface area contributed by atoms with Crippen molar-refractivity contribution in [3.8, 4) is 0 Å². The maximum absolute atomic E-state index is 14.5. The highest BCUT2D eigenvalue weighted by molar-refractivity contribution is 6.11. The fourth-order valence-electron chi connectivity index (χ4n) is 26.9. The largest absolute Gasteiger partial charge is 0.466 e. The predicted octanol–water partition coefficient (Wildman–Crippen LogP) is 19.4. The highest BCUT2D eigenvalue weighted by Gasteiger charge is 2.53. The second kappa shape index (κ2) is 52.3. The number of nitrogens with one attached hydrogen (secondary N) is 8. The Morgan fingerprint density at radius 3 is 0.540 bits per heavy atom. The number of hydrogen-bond donors (Lipinski definition) is 8. The van der Waals surface area contributed by atoms with Crippen molar-refractivity contribution in [3.05, 3.63) is 34.4 Å². The minimum absolute atomic E-state index is 0.0145. The van der Waals surface area contributed by atoms with Gasteiger partial charge in [-0.1, -0.05) is 39.5 Å². The standard InChI is InChI=1S/C72H130N4O16.C46H74N4O8/c1-19-21-31-71(59(79)89-41-25-37-83-53-45-63(3,4)73-64(5,6)46-53,60(80)90-42-26-38-84-54-47-65(7,8)74-66(9,10)48-54)33-23-35-87-57(77)29-30-58(78)88-36-24-34-72(32-22-20-2,61(81)91-43-27-39-85-55-49-67(11,12)75-68(13,14)50-55)62(82)92-44-28-40-86-56-51-69(15,16)76-70(17,18)52-56;1-39(2)19-27(20-40(3,4)47-39)55-35(51)31-17-33(37(53)57-29-23-43(9,10)49-44(11,12)24-29)34(38(54)58-30-25-45(13,14)50-46(15,16)26-30)18-32(31)36(52)56-28-21-41(5,6)48-42(7,8)22-28/h53-56,73-76H,19-52H2,1-18H3;17-18,27-30,47-50H,19-26H2,1-16H3. The third-order valence-electron chi connectivity index (χ3n) is 29.9. The minimum atomic E-state index is -1.64. The Hall–Kier alpha value is -6.56. The average Bonchev–Trinajstić information content (AvgIpc) is 0.784. The molecule has 8 heterocycles. The second-order valence-electron chi connectivity index (χ2n) is 55.9. The number of piperidine rings is 8. The first-order valence-corrected chi connectivity index (χ1v) is 56.7. The molecule has 0 bridgehead atoms. The van der Waals surface area contributed by atoms with Crippen molar-refractivity contribution in [2.75, 3.05) is 66.1 Å². The summed E-state index contributed by atoms with van der Waals surface area (Å²) in [6.45, 7) is 73.1. The van der Waals surface area contributed by atoms with E-state index in [1.165, 1.54) is 12.1 Å². The Balaban J connectivity index is 0.000000403. The number of hydrogen-bond acceptors (Lipinski definition) is 32. The molecule has 0 aromatic heterocycles. The van der Waals surface area contributed by atoms with Gasteiger partial charge in [0.05, 0.1) is 126 Å². The van der Waals surface area contributed by atoms with Crippen LogP contribution in [0.5, 0.6) is 0 Å². The zero-order chi connectivity index (χ0) is 112. The van der Waals surface area contributed by atoms with Crippen LogP contribution in [0.2, 0.25) is 0 Å². The van der Waals surface area contributed by atoms with E-state index in [0.717, 1.165) is 51.4 Å². The smallest absolute Gasteiger partial charge is 0.339 e. The Labute approximate surface area is 901 Å². The molecule has 8 saturated heterocycles. The van der Waals surface area contributed by atoms with Gasteiger partial charge >= 0.3 is 59.7 Å².